The van der Waals surface area contributed by atoms with Gasteiger partial charge in [0, 0.05) is 23.1 Å². The number of carbonyl (C=O) groups is 1. The average Bonchev–Trinajstić information content (AvgIpc) is 2.74. The summed E-state index contributed by atoms with van der Waals surface area (Å²) in [5, 5.41) is 5.78. The molecule has 140 valence electrons. The summed E-state index contributed by atoms with van der Waals surface area (Å²) in [6, 6.07) is 18.5. The van der Waals surface area contributed by atoms with Crippen LogP contribution in [0.4, 0.5) is 0 Å². The van der Waals surface area contributed by atoms with Crippen molar-refractivity contribution in [2.24, 2.45) is 11.0 Å². The Bertz CT molecular complexity index is 831. The van der Waals surface area contributed by atoms with Crippen molar-refractivity contribution < 1.29 is 9.36 Å². The lowest BCUT2D eigenvalue weighted by Crippen LogP contribution is -2.48. The van der Waals surface area contributed by atoms with Crippen LogP contribution in [0.5, 0.6) is 0 Å². The maximum atomic E-state index is 13.9. The van der Waals surface area contributed by atoms with Crippen molar-refractivity contribution in [2.45, 2.75) is 12.8 Å². The van der Waals surface area contributed by atoms with Crippen LogP contribution in [0.2, 0.25) is 0 Å². The summed E-state index contributed by atoms with van der Waals surface area (Å²) < 4.78 is 13.9. The standard InChI is InChI=1S/C21H24N3O2P/c25-21(23-22-20-15-24-13-11-17(20)12-14-24)16-27(26,18-7-3-1-4-8-18)19-9-5-2-6-10-19/h1-10,17H,11-16H2,(H,23,25). The molecule has 0 atom stereocenters. The quantitative estimate of drug-likeness (QED) is 0.638. The van der Waals surface area contributed by atoms with Crippen molar-refractivity contribution in [3.63, 3.8) is 0 Å². The molecule has 5 nitrogen and oxygen atoms in total. The molecule has 0 unspecified atom stereocenters. The highest BCUT2D eigenvalue weighted by molar-refractivity contribution is 7.79. The van der Waals surface area contributed by atoms with Crippen LogP contribution in [-0.4, -0.2) is 42.3 Å². The number of nitrogens with zero attached hydrogens (tertiary/aromatic N) is 2. The molecule has 1 N–H and O–H groups in total. The molecule has 3 heterocycles. The SMILES string of the molecule is O=C(CP(=O)(c1ccccc1)c1ccccc1)NN=C1CN2CCC1CC2. The molecule has 0 radical (unpaired) electrons. The third-order valence-corrected chi connectivity index (χ3v) is 8.48. The van der Waals surface area contributed by atoms with Crippen LogP contribution in [0, 0.1) is 5.92 Å². The maximum Gasteiger partial charge on any atom is 0.248 e. The van der Waals surface area contributed by atoms with E-state index in [4.69, 9.17) is 0 Å². The Morgan fingerprint density at radius 1 is 1.00 bits per heavy atom. The van der Waals surface area contributed by atoms with E-state index in [2.05, 4.69) is 15.4 Å². The molecule has 3 fully saturated rings. The number of nitrogens with one attached hydrogen (secondary N) is 1. The molecule has 3 aliphatic heterocycles. The molecule has 3 aliphatic rings. The Labute approximate surface area is 159 Å². The first-order valence-corrected chi connectivity index (χ1v) is 11.3. The fourth-order valence-electron chi connectivity index (χ4n) is 3.95. The van der Waals surface area contributed by atoms with E-state index in [1.807, 2.05) is 60.7 Å². The minimum absolute atomic E-state index is 0.0772. The molecule has 2 aromatic carbocycles. The van der Waals surface area contributed by atoms with Gasteiger partial charge in [-0.2, -0.15) is 5.10 Å². The van der Waals surface area contributed by atoms with Gasteiger partial charge in [0.2, 0.25) is 5.91 Å². The Balaban J connectivity index is 1.54. The van der Waals surface area contributed by atoms with E-state index in [0.29, 0.717) is 16.5 Å². The molecule has 1 amide bonds. The fraction of sp³-hybridized carbons (Fsp3) is 0.333. The lowest BCUT2D eigenvalue weighted by molar-refractivity contribution is -0.118. The van der Waals surface area contributed by atoms with Gasteiger partial charge < -0.3 is 4.57 Å². The van der Waals surface area contributed by atoms with Crippen molar-refractivity contribution in [3.8, 4) is 0 Å². The van der Waals surface area contributed by atoms with Crippen LogP contribution < -0.4 is 16.0 Å². The molecule has 0 aliphatic carbocycles. The van der Waals surface area contributed by atoms with Crippen LogP contribution in [0.15, 0.2) is 65.8 Å². The largest absolute Gasteiger partial charge is 0.313 e. The van der Waals surface area contributed by atoms with Gasteiger partial charge in [-0.1, -0.05) is 60.7 Å². The first-order chi connectivity index (χ1) is 13.1. The highest BCUT2D eigenvalue weighted by Crippen LogP contribution is 2.42. The maximum absolute atomic E-state index is 13.9. The predicted octanol–water partition coefficient (Wildman–Crippen LogP) is 2.20. The molecule has 0 spiro atoms. The number of rotatable bonds is 5. The fourth-order valence-corrected chi connectivity index (χ4v) is 6.40. The lowest BCUT2D eigenvalue weighted by Gasteiger charge is -2.39. The molecule has 6 heteroatoms. The number of piperidine rings is 3. The van der Waals surface area contributed by atoms with Crippen molar-refractivity contribution >= 4 is 29.4 Å². The summed E-state index contributed by atoms with van der Waals surface area (Å²) in [5.41, 5.74) is 3.73. The van der Waals surface area contributed by atoms with Gasteiger partial charge in [-0.3, -0.25) is 9.69 Å². The zero-order valence-electron chi connectivity index (χ0n) is 15.3. The summed E-state index contributed by atoms with van der Waals surface area (Å²) in [6.45, 7) is 3.07. The van der Waals surface area contributed by atoms with Gasteiger partial charge in [0.15, 0.2) is 7.14 Å². The zero-order chi connectivity index (χ0) is 18.7. The second kappa shape index (κ2) is 7.79. The highest BCUT2D eigenvalue weighted by Gasteiger charge is 2.32. The number of benzene rings is 2. The van der Waals surface area contributed by atoms with E-state index in [1.54, 1.807) is 0 Å². The summed E-state index contributed by atoms with van der Waals surface area (Å²) >= 11 is 0. The van der Waals surface area contributed by atoms with Crippen LogP contribution in [0.25, 0.3) is 0 Å². The monoisotopic (exact) mass is 381 g/mol. The first-order valence-electron chi connectivity index (χ1n) is 9.43. The van der Waals surface area contributed by atoms with Crippen molar-refractivity contribution in [1.82, 2.24) is 10.3 Å². The molecule has 27 heavy (non-hydrogen) atoms. The van der Waals surface area contributed by atoms with Gasteiger partial charge in [-0.15, -0.1) is 0 Å². The minimum Gasteiger partial charge on any atom is -0.313 e. The topological polar surface area (TPSA) is 61.8 Å². The van der Waals surface area contributed by atoms with Crippen LogP contribution in [0.1, 0.15) is 12.8 Å². The number of hydrazone groups is 1. The van der Waals surface area contributed by atoms with Crippen molar-refractivity contribution in [1.29, 1.82) is 0 Å². The second-order valence-corrected chi connectivity index (χ2v) is 10.1. The predicted molar refractivity (Wildman–Crippen MR) is 109 cm³/mol. The van der Waals surface area contributed by atoms with Gasteiger partial charge in [-0.25, -0.2) is 5.43 Å². The molecule has 2 bridgehead atoms. The van der Waals surface area contributed by atoms with Gasteiger partial charge in [-0.05, 0) is 25.9 Å². The molecular formula is C21H24N3O2P. The van der Waals surface area contributed by atoms with E-state index in [9.17, 15) is 9.36 Å². The van der Waals surface area contributed by atoms with Crippen molar-refractivity contribution in [2.75, 3.05) is 25.8 Å². The third-order valence-electron chi connectivity index (χ3n) is 5.48. The van der Waals surface area contributed by atoms with E-state index >= 15 is 0 Å². The number of hydrogen-bond acceptors (Lipinski definition) is 4. The number of amides is 1. The number of carbonyl (C=O) groups excluding carboxylic acids is 1. The van der Waals surface area contributed by atoms with Crippen LogP contribution >= 0.6 is 7.14 Å². The van der Waals surface area contributed by atoms with E-state index < -0.39 is 7.14 Å². The molecule has 5 rings (SSSR count). The smallest absolute Gasteiger partial charge is 0.248 e. The molecular weight excluding hydrogens is 357 g/mol. The van der Waals surface area contributed by atoms with E-state index in [0.717, 1.165) is 38.2 Å². The lowest BCUT2D eigenvalue weighted by atomic mass is 9.87. The minimum atomic E-state index is -3.06. The van der Waals surface area contributed by atoms with Gasteiger partial charge >= 0.3 is 0 Å². The van der Waals surface area contributed by atoms with Gasteiger partial charge in [0.05, 0.1) is 11.9 Å². The Morgan fingerprint density at radius 2 is 1.56 bits per heavy atom. The molecule has 0 saturated carbocycles. The molecule has 3 saturated heterocycles. The molecule has 2 aromatic rings. The zero-order valence-corrected chi connectivity index (χ0v) is 16.1. The summed E-state index contributed by atoms with van der Waals surface area (Å²) in [4.78, 5) is 15.0. The second-order valence-electron chi connectivity index (χ2n) is 7.26. The third kappa shape index (κ3) is 3.90. The Morgan fingerprint density at radius 3 is 2.04 bits per heavy atom. The van der Waals surface area contributed by atoms with Crippen LogP contribution in [-0.2, 0) is 9.36 Å². The average molecular weight is 381 g/mol. The number of hydrogen-bond donors (Lipinski definition) is 1. The van der Waals surface area contributed by atoms with Gasteiger partial charge in [0.1, 0.15) is 0 Å². The summed E-state index contributed by atoms with van der Waals surface area (Å²) in [7, 11) is -3.06. The normalized spacial score (nSPS) is 23.3. The van der Waals surface area contributed by atoms with Crippen LogP contribution in [0.3, 0.4) is 0 Å². The first kappa shape index (κ1) is 18.1. The molecule has 0 aromatic heterocycles. The van der Waals surface area contributed by atoms with E-state index in [-0.39, 0.29) is 12.1 Å². The summed E-state index contributed by atoms with van der Waals surface area (Å²) in [5.74, 6) is 0.181. The Kier molecular flexibility index (Phi) is 5.24. The summed E-state index contributed by atoms with van der Waals surface area (Å²) in [6.07, 6.45) is 2.15. The highest BCUT2D eigenvalue weighted by atomic mass is 31.2. The number of fused-ring (bicyclic) bond motifs is 3. The van der Waals surface area contributed by atoms with E-state index in [1.165, 1.54) is 0 Å². The van der Waals surface area contributed by atoms with Crippen molar-refractivity contribution in [3.05, 3.63) is 60.7 Å². The van der Waals surface area contributed by atoms with Gasteiger partial charge in [0.25, 0.3) is 0 Å². The Hall–Kier alpha value is -2.23.